The summed E-state index contributed by atoms with van der Waals surface area (Å²) >= 11 is 0. The van der Waals surface area contributed by atoms with Gasteiger partial charge in [-0.25, -0.2) is 4.39 Å². The smallest absolute Gasteiger partial charge is 0.396 e. The minimum atomic E-state index is -5.06. The first-order valence-corrected chi connectivity index (χ1v) is 9.27. The molecule has 0 saturated heterocycles. The van der Waals surface area contributed by atoms with Gasteiger partial charge in [-0.3, -0.25) is 4.99 Å². The number of benzene rings is 2. The summed E-state index contributed by atoms with van der Waals surface area (Å²) in [6.07, 6.45) is -2.10. The Morgan fingerprint density at radius 1 is 1.03 bits per heavy atom. The van der Waals surface area contributed by atoms with Gasteiger partial charge in [0.25, 0.3) is 0 Å². The molecule has 1 heterocycles. The number of nitrogens with zero attached hydrogens (tertiary/aromatic N) is 1. The predicted molar refractivity (Wildman–Crippen MR) is 103 cm³/mol. The van der Waals surface area contributed by atoms with E-state index in [1.54, 1.807) is 19.1 Å². The zero-order valence-electron chi connectivity index (χ0n) is 15.9. The molecule has 1 aliphatic heterocycles. The van der Waals surface area contributed by atoms with Crippen molar-refractivity contribution in [1.82, 2.24) is 0 Å². The lowest BCUT2D eigenvalue weighted by Gasteiger charge is -2.28. The number of aliphatic hydroxyl groups is 3. The number of allylic oxidation sites excluding steroid dienone is 1. The lowest BCUT2D eigenvalue weighted by atomic mass is 9.83. The quantitative estimate of drug-likeness (QED) is 0.663. The van der Waals surface area contributed by atoms with Gasteiger partial charge in [0, 0.05) is 22.8 Å². The van der Waals surface area contributed by atoms with Gasteiger partial charge in [0.1, 0.15) is 5.82 Å². The number of fused-ring (bicyclic) bond motifs is 3. The Balaban J connectivity index is 1.97. The minimum absolute atomic E-state index is 0.0832. The van der Waals surface area contributed by atoms with Gasteiger partial charge < -0.3 is 15.3 Å². The average Bonchev–Trinajstić information content (AvgIpc) is 3.30. The third-order valence-electron chi connectivity index (χ3n) is 5.95. The van der Waals surface area contributed by atoms with Crippen LogP contribution in [0.3, 0.4) is 0 Å². The number of hydrogen-bond acceptors (Lipinski definition) is 4. The van der Waals surface area contributed by atoms with E-state index in [9.17, 15) is 32.9 Å². The lowest BCUT2D eigenvalue weighted by Crippen LogP contribution is -2.41. The molecule has 1 aliphatic carbocycles. The molecule has 8 heteroatoms. The SMILES string of the molecule is CC(CO)(CO)C1C=C(c2cc(F)cc3c2-c2ccccc2[C@]3(O)C(F)(F)F)C=N1. The Labute approximate surface area is 169 Å². The van der Waals surface area contributed by atoms with Gasteiger partial charge in [0.05, 0.1) is 19.3 Å². The van der Waals surface area contributed by atoms with Crippen molar-refractivity contribution in [3.8, 4) is 11.1 Å². The number of hydrogen-bond donors (Lipinski definition) is 3. The highest BCUT2D eigenvalue weighted by Gasteiger charge is 2.61. The van der Waals surface area contributed by atoms with Crippen LogP contribution < -0.4 is 0 Å². The monoisotopic (exact) mass is 421 g/mol. The highest BCUT2D eigenvalue weighted by Crippen LogP contribution is 2.56. The largest absolute Gasteiger partial charge is 0.425 e. The summed E-state index contributed by atoms with van der Waals surface area (Å²) in [6.45, 7) is 0.878. The van der Waals surface area contributed by atoms with E-state index in [1.165, 1.54) is 24.4 Å². The summed E-state index contributed by atoms with van der Waals surface area (Å²) in [6, 6.07) is 6.74. The molecular formula is C22H19F4NO3. The van der Waals surface area contributed by atoms with Gasteiger partial charge in [-0.15, -0.1) is 0 Å². The number of aliphatic imine (C=N–C) groups is 1. The molecule has 1 unspecified atom stereocenters. The standard InChI is InChI=1S/C22H19F4NO3/c1-20(10-28,11-29)18-6-12(9-27-18)15-7-13(23)8-17-19(15)14-4-2-3-5-16(14)21(17,30)22(24,25)26/h2-9,18,28-30H,10-11H2,1H3/t18?,21-/m1/s1. The van der Waals surface area contributed by atoms with Crippen LogP contribution in [0, 0.1) is 11.2 Å². The third kappa shape index (κ3) is 2.74. The Hall–Kier alpha value is -2.55. The Morgan fingerprint density at radius 2 is 1.70 bits per heavy atom. The molecule has 0 amide bonds. The second-order valence-electron chi connectivity index (χ2n) is 7.94. The van der Waals surface area contributed by atoms with Crippen molar-refractivity contribution in [2.45, 2.75) is 24.7 Å². The Morgan fingerprint density at radius 3 is 2.33 bits per heavy atom. The summed E-state index contributed by atoms with van der Waals surface area (Å²) in [5, 5.41) is 30.0. The fourth-order valence-electron chi connectivity index (χ4n) is 4.07. The van der Waals surface area contributed by atoms with Crippen molar-refractivity contribution in [2.75, 3.05) is 13.2 Å². The van der Waals surface area contributed by atoms with E-state index in [1.807, 2.05) is 0 Å². The van der Waals surface area contributed by atoms with Crippen molar-refractivity contribution in [3.63, 3.8) is 0 Å². The molecule has 0 fully saturated rings. The Bertz CT molecular complexity index is 1070. The molecule has 2 aromatic carbocycles. The van der Waals surface area contributed by atoms with E-state index < -0.39 is 34.6 Å². The average molecular weight is 421 g/mol. The molecule has 4 rings (SSSR count). The molecule has 0 saturated carbocycles. The molecule has 2 atom stereocenters. The van der Waals surface area contributed by atoms with Crippen LogP contribution in [-0.4, -0.2) is 47.0 Å². The van der Waals surface area contributed by atoms with E-state index in [0.717, 1.165) is 6.07 Å². The van der Waals surface area contributed by atoms with Crippen LogP contribution >= 0.6 is 0 Å². The molecule has 4 nitrogen and oxygen atoms in total. The minimum Gasteiger partial charge on any atom is -0.396 e. The van der Waals surface area contributed by atoms with Crippen molar-refractivity contribution >= 4 is 11.8 Å². The maximum Gasteiger partial charge on any atom is 0.425 e. The van der Waals surface area contributed by atoms with Crippen LogP contribution in [0.1, 0.15) is 23.6 Å². The number of halogens is 4. The van der Waals surface area contributed by atoms with E-state index in [4.69, 9.17) is 0 Å². The first kappa shape index (κ1) is 20.7. The number of rotatable bonds is 4. The number of alkyl halides is 3. The van der Waals surface area contributed by atoms with Gasteiger partial charge >= 0.3 is 6.18 Å². The van der Waals surface area contributed by atoms with Crippen LogP contribution in [0.4, 0.5) is 17.6 Å². The van der Waals surface area contributed by atoms with Crippen LogP contribution in [-0.2, 0) is 5.60 Å². The first-order valence-electron chi connectivity index (χ1n) is 9.27. The van der Waals surface area contributed by atoms with Gasteiger partial charge in [-0.2, -0.15) is 13.2 Å². The summed E-state index contributed by atoms with van der Waals surface area (Å²) in [7, 11) is 0. The van der Waals surface area contributed by atoms with E-state index in [2.05, 4.69) is 4.99 Å². The van der Waals surface area contributed by atoms with Gasteiger partial charge in [-0.1, -0.05) is 37.3 Å². The topological polar surface area (TPSA) is 73.0 Å². The molecule has 0 bridgehead atoms. The Kier molecular flexibility index (Phi) is 4.65. The number of aliphatic hydroxyl groups excluding tert-OH is 2. The fraction of sp³-hybridized carbons (Fsp3) is 0.318. The maximum absolute atomic E-state index is 14.5. The third-order valence-corrected chi connectivity index (χ3v) is 5.95. The van der Waals surface area contributed by atoms with Crippen LogP contribution in [0.15, 0.2) is 47.5 Å². The van der Waals surface area contributed by atoms with Crippen molar-refractivity contribution in [3.05, 3.63) is 65.0 Å². The predicted octanol–water partition coefficient (Wildman–Crippen LogP) is 3.43. The molecule has 0 radical (unpaired) electrons. The molecule has 158 valence electrons. The lowest BCUT2D eigenvalue weighted by molar-refractivity contribution is -0.246. The summed E-state index contributed by atoms with van der Waals surface area (Å²) in [4.78, 5) is 4.26. The molecule has 2 aliphatic rings. The highest BCUT2D eigenvalue weighted by atomic mass is 19.4. The van der Waals surface area contributed by atoms with Gasteiger partial charge in [0.15, 0.2) is 0 Å². The molecular weight excluding hydrogens is 402 g/mol. The van der Waals surface area contributed by atoms with Crippen LogP contribution in [0.25, 0.3) is 16.7 Å². The summed E-state index contributed by atoms with van der Waals surface area (Å²) in [5.41, 5.74) is -4.51. The van der Waals surface area contributed by atoms with Crippen molar-refractivity contribution < 1.29 is 32.9 Å². The van der Waals surface area contributed by atoms with Crippen molar-refractivity contribution in [2.24, 2.45) is 10.4 Å². The maximum atomic E-state index is 14.5. The van der Waals surface area contributed by atoms with Crippen molar-refractivity contribution in [1.29, 1.82) is 0 Å². The second kappa shape index (κ2) is 6.73. The summed E-state index contributed by atoms with van der Waals surface area (Å²) in [5.74, 6) is -0.927. The highest BCUT2D eigenvalue weighted by molar-refractivity contribution is 6.15. The molecule has 0 spiro atoms. The van der Waals surface area contributed by atoms with Gasteiger partial charge in [-0.05, 0) is 34.4 Å². The normalized spacial score (nSPS) is 22.8. The summed E-state index contributed by atoms with van der Waals surface area (Å²) < 4.78 is 56.4. The van der Waals surface area contributed by atoms with Gasteiger partial charge in [0.2, 0.25) is 5.60 Å². The molecule has 3 N–H and O–H groups in total. The van der Waals surface area contributed by atoms with E-state index >= 15 is 0 Å². The van der Waals surface area contributed by atoms with E-state index in [0.29, 0.717) is 11.6 Å². The molecule has 30 heavy (non-hydrogen) atoms. The fourth-order valence-corrected chi connectivity index (χ4v) is 4.07. The molecule has 0 aromatic heterocycles. The zero-order chi connectivity index (χ0) is 21.9. The van der Waals surface area contributed by atoms with E-state index in [-0.39, 0.29) is 35.5 Å². The molecule has 2 aromatic rings. The van der Waals surface area contributed by atoms with Crippen LogP contribution in [0.2, 0.25) is 0 Å². The second-order valence-corrected chi connectivity index (χ2v) is 7.94. The zero-order valence-corrected chi connectivity index (χ0v) is 15.9. The van der Waals surface area contributed by atoms with Crippen LogP contribution in [0.5, 0.6) is 0 Å². The first-order chi connectivity index (χ1) is 14.1.